The summed E-state index contributed by atoms with van der Waals surface area (Å²) < 4.78 is 4.71. The summed E-state index contributed by atoms with van der Waals surface area (Å²) in [5.41, 5.74) is -1.08. The van der Waals surface area contributed by atoms with E-state index in [-0.39, 0.29) is 12.6 Å². The summed E-state index contributed by atoms with van der Waals surface area (Å²) in [6.45, 7) is 3.39. The summed E-state index contributed by atoms with van der Waals surface area (Å²) in [6, 6.07) is 0. The maximum Gasteiger partial charge on any atom is 0.305 e. The van der Waals surface area contributed by atoms with Gasteiger partial charge in [0.25, 0.3) is 0 Å². The van der Waals surface area contributed by atoms with Gasteiger partial charge in [-0.15, -0.1) is 0 Å². The Kier molecular flexibility index (Phi) is 5.66. The lowest BCUT2D eigenvalue weighted by molar-refractivity contribution is -0.143. The van der Waals surface area contributed by atoms with Crippen LogP contribution in [0.3, 0.4) is 0 Å². The number of carbonyl (C=O) groups is 1. The first-order valence-corrected chi connectivity index (χ1v) is 4.50. The van der Waals surface area contributed by atoms with E-state index in [1.807, 2.05) is 0 Å². The van der Waals surface area contributed by atoms with E-state index in [1.165, 1.54) is 6.92 Å². The van der Waals surface area contributed by atoms with Gasteiger partial charge in [-0.05, 0) is 26.7 Å². The molecule has 0 saturated carbocycles. The molecule has 0 spiro atoms. The van der Waals surface area contributed by atoms with Crippen LogP contribution in [0.5, 0.6) is 0 Å². The van der Waals surface area contributed by atoms with Crippen LogP contribution in [-0.4, -0.2) is 35.0 Å². The van der Waals surface area contributed by atoms with Gasteiger partial charge in [0, 0.05) is 6.42 Å². The third kappa shape index (κ3) is 6.54. The molecule has 0 rings (SSSR count). The third-order valence-corrected chi connectivity index (χ3v) is 1.74. The summed E-state index contributed by atoms with van der Waals surface area (Å²) in [5, 5.41) is 18.1. The first-order valence-electron chi connectivity index (χ1n) is 4.50. The van der Waals surface area contributed by atoms with Crippen molar-refractivity contribution in [2.45, 2.75) is 38.7 Å². The van der Waals surface area contributed by atoms with Crippen LogP contribution < -0.4 is 0 Å². The number of aliphatic hydroxyl groups is 2. The van der Waals surface area contributed by atoms with Gasteiger partial charge in [-0.25, -0.2) is 0 Å². The smallest absolute Gasteiger partial charge is 0.305 e. The van der Waals surface area contributed by atoms with Crippen molar-refractivity contribution in [3.8, 4) is 0 Å². The number of esters is 1. The first kappa shape index (κ1) is 12.4. The van der Waals surface area contributed by atoms with Crippen LogP contribution in [0.15, 0.2) is 0 Å². The van der Waals surface area contributed by atoms with Crippen molar-refractivity contribution in [3.63, 3.8) is 0 Å². The standard InChI is InChI=1S/C9H18O4/c1-3-13-8(11)5-4-6-9(2,12)7-10/h10,12H,3-7H2,1-2H3. The minimum atomic E-state index is -1.08. The number of hydrogen-bond acceptors (Lipinski definition) is 4. The molecule has 4 heteroatoms. The highest BCUT2D eigenvalue weighted by molar-refractivity contribution is 5.69. The van der Waals surface area contributed by atoms with E-state index in [2.05, 4.69) is 0 Å². The summed E-state index contributed by atoms with van der Waals surface area (Å²) in [6.07, 6.45) is 1.23. The van der Waals surface area contributed by atoms with Crippen LogP contribution in [-0.2, 0) is 9.53 Å². The molecule has 0 aliphatic carbocycles. The molecule has 13 heavy (non-hydrogen) atoms. The van der Waals surface area contributed by atoms with Crippen molar-refractivity contribution < 1.29 is 19.7 Å². The molecule has 0 aromatic heterocycles. The molecule has 0 aromatic carbocycles. The fourth-order valence-electron chi connectivity index (χ4n) is 0.926. The highest BCUT2D eigenvalue weighted by Crippen LogP contribution is 2.12. The normalized spacial score (nSPS) is 15.1. The van der Waals surface area contributed by atoms with Gasteiger partial charge in [0.2, 0.25) is 0 Å². The summed E-state index contributed by atoms with van der Waals surface area (Å²) in [4.78, 5) is 10.9. The molecule has 1 unspecified atom stereocenters. The van der Waals surface area contributed by atoms with Crippen LogP contribution in [0.1, 0.15) is 33.1 Å². The van der Waals surface area contributed by atoms with Crippen molar-refractivity contribution in [1.82, 2.24) is 0 Å². The predicted octanol–water partition coefficient (Wildman–Crippen LogP) is 0.463. The lowest BCUT2D eigenvalue weighted by Gasteiger charge is -2.19. The molecular weight excluding hydrogens is 172 g/mol. The predicted molar refractivity (Wildman–Crippen MR) is 48.2 cm³/mol. The van der Waals surface area contributed by atoms with E-state index in [1.54, 1.807) is 6.92 Å². The molecule has 2 N–H and O–H groups in total. The van der Waals surface area contributed by atoms with E-state index in [0.717, 1.165) is 0 Å². The van der Waals surface area contributed by atoms with Gasteiger partial charge in [-0.2, -0.15) is 0 Å². The summed E-state index contributed by atoms with van der Waals surface area (Å²) in [7, 11) is 0. The van der Waals surface area contributed by atoms with Gasteiger partial charge in [-0.1, -0.05) is 0 Å². The lowest BCUT2D eigenvalue weighted by atomic mass is 10.0. The number of rotatable bonds is 6. The van der Waals surface area contributed by atoms with Crippen molar-refractivity contribution in [1.29, 1.82) is 0 Å². The molecule has 0 heterocycles. The van der Waals surface area contributed by atoms with Gasteiger partial charge in [-0.3, -0.25) is 4.79 Å². The Balaban J connectivity index is 3.50. The van der Waals surface area contributed by atoms with Crippen LogP contribution in [0, 0.1) is 0 Å². The summed E-state index contributed by atoms with van der Waals surface area (Å²) >= 11 is 0. The quantitative estimate of drug-likeness (QED) is 0.597. The molecule has 0 saturated heterocycles. The number of hydrogen-bond donors (Lipinski definition) is 2. The number of aliphatic hydroxyl groups excluding tert-OH is 1. The number of ether oxygens (including phenoxy) is 1. The van der Waals surface area contributed by atoms with E-state index in [9.17, 15) is 9.90 Å². The molecule has 0 aromatic rings. The van der Waals surface area contributed by atoms with Crippen LogP contribution in [0.25, 0.3) is 0 Å². The molecule has 1 atom stereocenters. The minimum absolute atomic E-state index is 0.253. The molecule has 0 amide bonds. The van der Waals surface area contributed by atoms with Crippen molar-refractivity contribution in [3.05, 3.63) is 0 Å². The van der Waals surface area contributed by atoms with Crippen LogP contribution in [0.4, 0.5) is 0 Å². The Labute approximate surface area is 78.5 Å². The fraction of sp³-hybridized carbons (Fsp3) is 0.889. The second kappa shape index (κ2) is 5.94. The topological polar surface area (TPSA) is 66.8 Å². The Morgan fingerprint density at radius 3 is 2.62 bits per heavy atom. The third-order valence-electron chi connectivity index (χ3n) is 1.74. The highest BCUT2D eigenvalue weighted by Gasteiger charge is 2.18. The molecule has 4 nitrogen and oxygen atoms in total. The van der Waals surface area contributed by atoms with Gasteiger partial charge in [0.05, 0.1) is 18.8 Å². The SMILES string of the molecule is CCOC(=O)CCCC(C)(O)CO. The zero-order valence-electron chi connectivity index (χ0n) is 8.25. The van der Waals surface area contributed by atoms with Crippen LogP contribution >= 0.6 is 0 Å². The maximum atomic E-state index is 10.9. The van der Waals surface area contributed by atoms with Crippen molar-refractivity contribution in [2.75, 3.05) is 13.2 Å². The largest absolute Gasteiger partial charge is 0.466 e. The van der Waals surface area contributed by atoms with Crippen LogP contribution in [0.2, 0.25) is 0 Å². The molecule has 78 valence electrons. The molecule has 0 aliphatic rings. The average molecular weight is 190 g/mol. The first-order chi connectivity index (χ1) is 6.02. The average Bonchev–Trinajstić information content (AvgIpc) is 2.05. The summed E-state index contributed by atoms with van der Waals surface area (Å²) in [5.74, 6) is -0.253. The lowest BCUT2D eigenvalue weighted by Crippen LogP contribution is -2.28. The fourth-order valence-corrected chi connectivity index (χ4v) is 0.926. The maximum absolute atomic E-state index is 10.9. The Morgan fingerprint density at radius 2 is 2.15 bits per heavy atom. The molecule has 0 bridgehead atoms. The number of carbonyl (C=O) groups excluding carboxylic acids is 1. The zero-order chi connectivity index (χ0) is 10.3. The second-order valence-corrected chi connectivity index (χ2v) is 3.31. The molecular formula is C9H18O4. The second-order valence-electron chi connectivity index (χ2n) is 3.31. The van der Waals surface area contributed by atoms with E-state index < -0.39 is 5.60 Å². The Bertz CT molecular complexity index is 154. The van der Waals surface area contributed by atoms with E-state index in [4.69, 9.17) is 9.84 Å². The highest BCUT2D eigenvalue weighted by atomic mass is 16.5. The minimum Gasteiger partial charge on any atom is -0.466 e. The van der Waals surface area contributed by atoms with E-state index >= 15 is 0 Å². The van der Waals surface area contributed by atoms with Gasteiger partial charge < -0.3 is 14.9 Å². The Hall–Kier alpha value is -0.610. The van der Waals surface area contributed by atoms with Gasteiger partial charge >= 0.3 is 5.97 Å². The van der Waals surface area contributed by atoms with Gasteiger partial charge in [0.1, 0.15) is 0 Å². The zero-order valence-corrected chi connectivity index (χ0v) is 8.25. The van der Waals surface area contributed by atoms with Gasteiger partial charge in [0.15, 0.2) is 0 Å². The molecule has 0 fully saturated rings. The monoisotopic (exact) mass is 190 g/mol. The Morgan fingerprint density at radius 1 is 1.54 bits per heavy atom. The van der Waals surface area contributed by atoms with E-state index in [0.29, 0.717) is 25.9 Å². The molecule has 0 aliphatic heterocycles. The van der Waals surface area contributed by atoms with Crippen molar-refractivity contribution >= 4 is 5.97 Å². The molecule has 0 radical (unpaired) electrons. The van der Waals surface area contributed by atoms with Crippen molar-refractivity contribution in [2.24, 2.45) is 0 Å².